The second-order valence-electron chi connectivity index (χ2n) is 4.59. The Kier molecular flexibility index (Phi) is 4.64. The highest BCUT2D eigenvalue weighted by Crippen LogP contribution is 2.23. The number of halogens is 1. The second kappa shape index (κ2) is 6.44. The molecule has 0 aliphatic carbocycles. The van der Waals surface area contributed by atoms with Gasteiger partial charge in [-0.15, -0.1) is 0 Å². The van der Waals surface area contributed by atoms with Crippen molar-refractivity contribution in [2.45, 2.75) is 19.8 Å². The van der Waals surface area contributed by atoms with Crippen LogP contribution in [0, 0.1) is 6.92 Å². The quantitative estimate of drug-likeness (QED) is 0.896. The van der Waals surface area contributed by atoms with Crippen LogP contribution >= 0.6 is 11.6 Å². The van der Waals surface area contributed by atoms with Crippen LogP contribution in [0.5, 0.6) is 5.75 Å². The molecule has 2 aromatic carbocycles. The minimum atomic E-state index is -0.0985. The van der Waals surface area contributed by atoms with Crippen LogP contribution in [0.2, 0.25) is 5.02 Å². The number of nitrogens with one attached hydrogen (secondary N) is 1. The molecule has 0 spiro atoms. The molecule has 4 heteroatoms. The maximum absolute atomic E-state index is 11.9. The number of carbonyl (C=O) groups excluding carboxylic acids is 1. The largest absolute Gasteiger partial charge is 0.508 e. The van der Waals surface area contributed by atoms with Crippen LogP contribution in [0.1, 0.15) is 17.5 Å². The zero-order valence-electron chi connectivity index (χ0n) is 11.2. The van der Waals surface area contributed by atoms with Crippen LogP contribution in [-0.4, -0.2) is 11.0 Å². The molecule has 3 nitrogen and oxygen atoms in total. The molecule has 0 saturated carbocycles. The number of benzene rings is 2. The van der Waals surface area contributed by atoms with Crippen molar-refractivity contribution >= 4 is 23.2 Å². The van der Waals surface area contributed by atoms with Gasteiger partial charge in [0, 0.05) is 17.1 Å². The summed E-state index contributed by atoms with van der Waals surface area (Å²) in [7, 11) is 0. The first kappa shape index (κ1) is 14.4. The molecule has 0 unspecified atom stereocenters. The lowest BCUT2D eigenvalue weighted by Crippen LogP contribution is -2.13. The van der Waals surface area contributed by atoms with Crippen molar-refractivity contribution in [3.8, 4) is 5.75 Å². The summed E-state index contributed by atoms with van der Waals surface area (Å²) in [4.78, 5) is 11.9. The standard InChI is InChI=1S/C16H16ClNO2/c1-11-13(17)6-4-7-14(11)18-16(20)10-9-12-5-2-3-8-15(12)19/h2-8,19H,9-10H2,1H3,(H,18,20). The number of amides is 1. The molecule has 2 rings (SSSR count). The van der Waals surface area contributed by atoms with Crippen molar-refractivity contribution in [3.05, 3.63) is 58.6 Å². The van der Waals surface area contributed by atoms with E-state index in [9.17, 15) is 9.90 Å². The molecule has 0 radical (unpaired) electrons. The molecule has 0 saturated heterocycles. The Balaban J connectivity index is 1.96. The van der Waals surface area contributed by atoms with Gasteiger partial charge in [-0.2, -0.15) is 0 Å². The minimum absolute atomic E-state index is 0.0985. The average Bonchev–Trinajstić information content (AvgIpc) is 2.43. The van der Waals surface area contributed by atoms with E-state index in [2.05, 4.69) is 5.32 Å². The summed E-state index contributed by atoms with van der Waals surface area (Å²) in [5.74, 6) is 0.123. The van der Waals surface area contributed by atoms with Crippen LogP contribution in [0.3, 0.4) is 0 Å². The third-order valence-electron chi connectivity index (χ3n) is 3.15. The number of rotatable bonds is 4. The second-order valence-corrected chi connectivity index (χ2v) is 5.00. The van der Waals surface area contributed by atoms with Gasteiger partial charge in [-0.05, 0) is 42.7 Å². The van der Waals surface area contributed by atoms with Gasteiger partial charge >= 0.3 is 0 Å². The van der Waals surface area contributed by atoms with E-state index < -0.39 is 0 Å². The lowest BCUT2D eigenvalue weighted by molar-refractivity contribution is -0.116. The summed E-state index contributed by atoms with van der Waals surface area (Å²) in [6.45, 7) is 1.86. The molecule has 104 valence electrons. The van der Waals surface area contributed by atoms with Gasteiger partial charge < -0.3 is 10.4 Å². The molecule has 0 aromatic heterocycles. The van der Waals surface area contributed by atoms with Gasteiger partial charge in [0.25, 0.3) is 0 Å². The highest BCUT2D eigenvalue weighted by atomic mass is 35.5. The van der Waals surface area contributed by atoms with Crippen LogP contribution in [-0.2, 0) is 11.2 Å². The maximum Gasteiger partial charge on any atom is 0.224 e. The zero-order valence-corrected chi connectivity index (χ0v) is 11.9. The molecular weight excluding hydrogens is 274 g/mol. The topological polar surface area (TPSA) is 49.3 Å². The van der Waals surface area contributed by atoms with Crippen LogP contribution in [0.25, 0.3) is 0 Å². The SMILES string of the molecule is Cc1c(Cl)cccc1NC(=O)CCc1ccccc1O. The van der Waals surface area contributed by atoms with Gasteiger partial charge in [0.05, 0.1) is 0 Å². The van der Waals surface area contributed by atoms with Gasteiger partial charge in [0.1, 0.15) is 5.75 Å². The van der Waals surface area contributed by atoms with E-state index in [1.165, 1.54) is 0 Å². The van der Waals surface area contributed by atoms with Gasteiger partial charge in [0.15, 0.2) is 0 Å². The molecule has 2 aromatic rings. The third kappa shape index (κ3) is 3.52. The fourth-order valence-electron chi connectivity index (χ4n) is 1.93. The van der Waals surface area contributed by atoms with E-state index in [-0.39, 0.29) is 11.7 Å². The molecule has 0 atom stereocenters. The summed E-state index contributed by atoms with van der Waals surface area (Å²) in [6.07, 6.45) is 0.807. The number of aromatic hydroxyl groups is 1. The minimum Gasteiger partial charge on any atom is -0.508 e. The Bertz CT molecular complexity index is 626. The van der Waals surface area contributed by atoms with Crippen molar-refractivity contribution in [1.29, 1.82) is 0 Å². The normalized spacial score (nSPS) is 10.3. The predicted octanol–water partition coefficient (Wildman–Crippen LogP) is 3.93. The number of phenols is 1. The number of phenolic OH excluding ortho intramolecular Hbond substituents is 1. The molecule has 0 bridgehead atoms. The van der Waals surface area contributed by atoms with Crippen molar-refractivity contribution in [3.63, 3.8) is 0 Å². The van der Waals surface area contributed by atoms with Crippen molar-refractivity contribution in [2.75, 3.05) is 5.32 Å². The number of para-hydroxylation sites is 1. The summed E-state index contributed by atoms with van der Waals surface area (Å²) in [5.41, 5.74) is 2.34. The van der Waals surface area contributed by atoms with E-state index >= 15 is 0 Å². The molecular formula is C16H16ClNO2. The lowest BCUT2D eigenvalue weighted by atomic mass is 10.1. The van der Waals surface area contributed by atoms with Crippen LogP contribution in [0.4, 0.5) is 5.69 Å². The van der Waals surface area contributed by atoms with E-state index in [0.717, 1.165) is 16.8 Å². The first-order valence-electron chi connectivity index (χ1n) is 6.40. The molecule has 0 fully saturated rings. The third-order valence-corrected chi connectivity index (χ3v) is 3.56. The lowest BCUT2D eigenvalue weighted by Gasteiger charge is -2.09. The van der Waals surface area contributed by atoms with Crippen LogP contribution < -0.4 is 5.32 Å². The monoisotopic (exact) mass is 289 g/mol. The molecule has 0 heterocycles. The number of anilines is 1. The Morgan fingerprint density at radius 3 is 2.70 bits per heavy atom. The van der Waals surface area contributed by atoms with E-state index in [1.807, 2.05) is 25.1 Å². The summed E-state index contributed by atoms with van der Waals surface area (Å²) in [6, 6.07) is 12.4. The van der Waals surface area contributed by atoms with Gasteiger partial charge in [-0.25, -0.2) is 0 Å². The first-order valence-corrected chi connectivity index (χ1v) is 6.77. The highest BCUT2D eigenvalue weighted by molar-refractivity contribution is 6.31. The van der Waals surface area contributed by atoms with Crippen molar-refractivity contribution in [1.82, 2.24) is 0 Å². The first-order chi connectivity index (χ1) is 9.58. The van der Waals surface area contributed by atoms with E-state index in [4.69, 9.17) is 11.6 Å². The highest BCUT2D eigenvalue weighted by Gasteiger charge is 2.08. The van der Waals surface area contributed by atoms with Crippen molar-refractivity contribution in [2.24, 2.45) is 0 Å². The maximum atomic E-state index is 11.9. The van der Waals surface area contributed by atoms with Gasteiger partial charge in [0.2, 0.25) is 5.91 Å². The predicted molar refractivity (Wildman–Crippen MR) is 81.2 cm³/mol. The van der Waals surface area contributed by atoms with Gasteiger partial charge in [-0.1, -0.05) is 35.9 Å². The van der Waals surface area contributed by atoms with E-state index in [0.29, 0.717) is 17.9 Å². The van der Waals surface area contributed by atoms with Crippen LogP contribution in [0.15, 0.2) is 42.5 Å². The number of hydrogen-bond donors (Lipinski definition) is 2. The molecule has 1 amide bonds. The molecule has 2 N–H and O–H groups in total. The Morgan fingerprint density at radius 1 is 1.20 bits per heavy atom. The summed E-state index contributed by atoms with van der Waals surface area (Å²) >= 11 is 6.01. The van der Waals surface area contributed by atoms with E-state index in [1.54, 1.807) is 24.3 Å². The number of carbonyl (C=O) groups is 1. The molecule has 0 aliphatic heterocycles. The number of aryl methyl sites for hydroxylation is 1. The molecule has 20 heavy (non-hydrogen) atoms. The fraction of sp³-hybridized carbons (Fsp3) is 0.188. The Labute approximate surface area is 123 Å². The zero-order chi connectivity index (χ0) is 14.5. The Hall–Kier alpha value is -2.00. The smallest absolute Gasteiger partial charge is 0.224 e. The van der Waals surface area contributed by atoms with Gasteiger partial charge in [-0.3, -0.25) is 4.79 Å². The summed E-state index contributed by atoms with van der Waals surface area (Å²) in [5, 5.41) is 13.1. The van der Waals surface area contributed by atoms with Crippen molar-refractivity contribution < 1.29 is 9.90 Å². The Morgan fingerprint density at radius 2 is 1.95 bits per heavy atom. The average molecular weight is 290 g/mol. The number of hydrogen-bond acceptors (Lipinski definition) is 2. The fourth-order valence-corrected chi connectivity index (χ4v) is 2.10. The summed E-state index contributed by atoms with van der Waals surface area (Å²) < 4.78 is 0. The molecule has 0 aliphatic rings.